The van der Waals surface area contributed by atoms with E-state index in [9.17, 15) is 10.1 Å². The minimum atomic E-state index is -0.545. The molecule has 4 nitrogen and oxygen atoms in total. The molecule has 0 atom stereocenters. The quantitative estimate of drug-likeness (QED) is 0.565. The molecule has 0 amide bonds. The van der Waals surface area contributed by atoms with E-state index in [0.717, 1.165) is 6.20 Å². The molecule has 0 bridgehead atoms. The third-order valence-corrected chi connectivity index (χ3v) is 1.38. The average Bonchev–Trinajstić information content (AvgIpc) is 2.31. The molecule has 0 N–H and O–H groups in total. The number of halogens is 1. The molecule has 0 radical (unpaired) electrons. The molecule has 0 spiro atoms. The Morgan fingerprint density at radius 2 is 2.36 bits per heavy atom. The summed E-state index contributed by atoms with van der Waals surface area (Å²) in [5, 5.41) is 9.84. The normalized spacial score (nSPS) is 10.6. The van der Waals surface area contributed by atoms with Crippen LogP contribution < -0.4 is 0 Å². The minimum absolute atomic E-state index is 0.452. The van der Waals surface area contributed by atoms with Crippen molar-refractivity contribution in [3.63, 3.8) is 0 Å². The van der Waals surface area contributed by atoms with Crippen molar-refractivity contribution in [1.82, 2.24) is 0 Å². The van der Waals surface area contributed by atoms with Gasteiger partial charge >= 0.3 is 0 Å². The summed E-state index contributed by atoms with van der Waals surface area (Å²) >= 11 is 3.07. The summed E-state index contributed by atoms with van der Waals surface area (Å²) in [6.07, 6.45) is 2.11. The monoisotopic (exact) mass is 217 g/mol. The Labute approximate surface area is 70.8 Å². The lowest BCUT2D eigenvalue weighted by molar-refractivity contribution is -0.401. The molecule has 1 aromatic rings. The van der Waals surface area contributed by atoms with E-state index in [1.807, 2.05) is 0 Å². The molecule has 0 saturated heterocycles. The van der Waals surface area contributed by atoms with Crippen molar-refractivity contribution in [3.05, 3.63) is 38.9 Å². The number of hydrogen-bond donors (Lipinski definition) is 0. The van der Waals surface area contributed by atoms with Crippen LogP contribution in [0.2, 0.25) is 0 Å². The van der Waals surface area contributed by atoms with Gasteiger partial charge in [0, 0.05) is 0 Å². The molecule has 0 aliphatic rings. The zero-order valence-electron chi connectivity index (χ0n) is 5.36. The standard InChI is InChI=1S/C6H4BrNO3/c7-6-2-1-5(11-6)3-4-8(9)10/h1-4H. The molecule has 1 aromatic heterocycles. The first-order chi connectivity index (χ1) is 5.18. The average molecular weight is 218 g/mol. The lowest BCUT2D eigenvalue weighted by Gasteiger charge is -1.79. The third kappa shape index (κ3) is 2.55. The smallest absolute Gasteiger partial charge is 0.238 e. The molecule has 1 rings (SSSR count). The fraction of sp³-hybridized carbons (Fsp3) is 0. The van der Waals surface area contributed by atoms with Crippen molar-refractivity contribution < 1.29 is 9.34 Å². The maximum atomic E-state index is 9.84. The molecule has 0 saturated carbocycles. The molecule has 0 aromatic carbocycles. The third-order valence-electron chi connectivity index (χ3n) is 0.955. The summed E-state index contributed by atoms with van der Waals surface area (Å²) in [4.78, 5) is 9.30. The summed E-state index contributed by atoms with van der Waals surface area (Å²) in [7, 11) is 0. The highest BCUT2D eigenvalue weighted by Crippen LogP contribution is 2.14. The van der Waals surface area contributed by atoms with Crippen LogP contribution in [0.25, 0.3) is 6.08 Å². The predicted molar refractivity (Wildman–Crippen MR) is 42.4 cm³/mol. The van der Waals surface area contributed by atoms with Gasteiger partial charge in [0.1, 0.15) is 5.76 Å². The van der Waals surface area contributed by atoms with E-state index in [2.05, 4.69) is 15.9 Å². The van der Waals surface area contributed by atoms with Crippen LogP contribution in [-0.2, 0) is 0 Å². The Morgan fingerprint density at radius 3 is 2.82 bits per heavy atom. The highest BCUT2D eigenvalue weighted by atomic mass is 79.9. The van der Waals surface area contributed by atoms with Crippen molar-refractivity contribution in [1.29, 1.82) is 0 Å². The lowest BCUT2D eigenvalue weighted by Crippen LogP contribution is -1.80. The van der Waals surface area contributed by atoms with E-state index >= 15 is 0 Å². The van der Waals surface area contributed by atoms with E-state index in [-0.39, 0.29) is 0 Å². The van der Waals surface area contributed by atoms with Crippen LogP contribution in [0.1, 0.15) is 5.76 Å². The molecule has 5 heteroatoms. The van der Waals surface area contributed by atoms with Gasteiger partial charge in [0.2, 0.25) is 6.20 Å². The van der Waals surface area contributed by atoms with Crippen LogP contribution in [0.5, 0.6) is 0 Å². The summed E-state index contributed by atoms with van der Waals surface area (Å²) < 4.78 is 5.52. The fourth-order valence-corrected chi connectivity index (χ4v) is 0.871. The van der Waals surface area contributed by atoms with Crippen molar-refractivity contribution in [3.8, 4) is 0 Å². The van der Waals surface area contributed by atoms with Gasteiger partial charge in [-0.3, -0.25) is 10.1 Å². The van der Waals surface area contributed by atoms with Crippen molar-refractivity contribution >= 4 is 22.0 Å². The molecular weight excluding hydrogens is 214 g/mol. The second-order valence-electron chi connectivity index (χ2n) is 1.74. The first-order valence-corrected chi connectivity index (χ1v) is 3.55. The molecule has 11 heavy (non-hydrogen) atoms. The maximum Gasteiger partial charge on any atom is 0.238 e. The van der Waals surface area contributed by atoms with Crippen LogP contribution in [0.4, 0.5) is 0 Å². The molecule has 58 valence electrons. The first-order valence-electron chi connectivity index (χ1n) is 2.75. The van der Waals surface area contributed by atoms with E-state index in [1.165, 1.54) is 6.08 Å². The van der Waals surface area contributed by atoms with Gasteiger partial charge in [0.15, 0.2) is 4.67 Å². The molecule has 0 unspecified atom stereocenters. The van der Waals surface area contributed by atoms with Crippen molar-refractivity contribution in [2.24, 2.45) is 0 Å². The largest absolute Gasteiger partial charge is 0.450 e. The lowest BCUT2D eigenvalue weighted by atomic mass is 10.4. The number of nitrogens with zero attached hydrogens (tertiary/aromatic N) is 1. The predicted octanol–water partition coefficient (Wildman–Crippen LogP) is 2.29. The van der Waals surface area contributed by atoms with E-state index in [0.29, 0.717) is 10.4 Å². The SMILES string of the molecule is O=[N+]([O-])C=Cc1ccc(Br)o1. The Bertz CT molecular complexity index is 292. The van der Waals surface area contributed by atoms with E-state index in [1.54, 1.807) is 12.1 Å². The van der Waals surface area contributed by atoms with Gasteiger partial charge in [0.25, 0.3) is 0 Å². The summed E-state index contributed by atoms with van der Waals surface area (Å²) in [5.74, 6) is 0.452. The molecule has 0 aliphatic heterocycles. The van der Waals surface area contributed by atoms with Gasteiger partial charge in [-0.25, -0.2) is 0 Å². The maximum absolute atomic E-state index is 9.84. The molecule has 1 heterocycles. The van der Waals surface area contributed by atoms with Gasteiger partial charge in [-0.2, -0.15) is 0 Å². The Hall–Kier alpha value is -1.10. The Morgan fingerprint density at radius 1 is 1.64 bits per heavy atom. The number of hydrogen-bond acceptors (Lipinski definition) is 3. The van der Waals surface area contributed by atoms with Gasteiger partial charge in [0.05, 0.1) is 11.0 Å². The molecular formula is C6H4BrNO3. The summed E-state index contributed by atoms with van der Waals surface area (Å²) in [6, 6.07) is 3.30. The molecule has 0 fully saturated rings. The topological polar surface area (TPSA) is 56.3 Å². The Balaban J connectivity index is 2.71. The van der Waals surface area contributed by atoms with Crippen LogP contribution in [0.3, 0.4) is 0 Å². The highest BCUT2D eigenvalue weighted by molar-refractivity contribution is 9.10. The van der Waals surface area contributed by atoms with E-state index in [4.69, 9.17) is 4.42 Å². The van der Waals surface area contributed by atoms with Gasteiger partial charge in [-0.05, 0) is 28.1 Å². The zero-order chi connectivity index (χ0) is 8.27. The second kappa shape index (κ2) is 3.34. The Kier molecular flexibility index (Phi) is 2.43. The summed E-state index contributed by atoms with van der Waals surface area (Å²) in [5.41, 5.74) is 0. The fourth-order valence-electron chi connectivity index (χ4n) is 0.552. The van der Waals surface area contributed by atoms with Crippen molar-refractivity contribution in [2.75, 3.05) is 0 Å². The number of nitro groups is 1. The van der Waals surface area contributed by atoms with Gasteiger partial charge in [-0.15, -0.1) is 0 Å². The van der Waals surface area contributed by atoms with Crippen LogP contribution in [-0.4, -0.2) is 4.92 Å². The zero-order valence-corrected chi connectivity index (χ0v) is 6.95. The van der Waals surface area contributed by atoms with Crippen LogP contribution in [0.15, 0.2) is 27.4 Å². The first kappa shape index (κ1) is 8.00. The van der Waals surface area contributed by atoms with Crippen molar-refractivity contribution in [2.45, 2.75) is 0 Å². The molecule has 0 aliphatic carbocycles. The van der Waals surface area contributed by atoms with Gasteiger partial charge < -0.3 is 4.42 Å². The number of furan rings is 1. The van der Waals surface area contributed by atoms with Crippen LogP contribution >= 0.6 is 15.9 Å². The van der Waals surface area contributed by atoms with E-state index < -0.39 is 4.92 Å². The highest BCUT2D eigenvalue weighted by Gasteiger charge is 1.95. The van der Waals surface area contributed by atoms with Gasteiger partial charge in [-0.1, -0.05) is 0 Å². The summed E-state index contributed by atoms with van der Waals surface area (Å²) in [6.45, 7) is 0. The van der Waals surface area contributed by atoms with Crippen LogP contribution in [0, 0.1) is 10.1 Å². The minimum Gasteiger partial charge on any atom is -0.450 e. The number of rotatable bonds is 2. The second-order valence-corrected chi connectivity index (χ2v) is 2.52.